The van der Waals surface area contributed by atoms with Gasteiger partial charge in [0.1, 0.15) is 0 Å². The Morgan fingerprint density at radius 3 is 2.69 bits per heavy atom. The molecule has 0 radical (unpaired) electrons. The van der Waals surface area contributed by atoms with E-state index in [0.29, 0.717) is 16.5 Å². The highest BCUT2D eigenvalue weighted by atomic mass is 35.5. The van der Waals surface area contributed by atoms with Crippen LogP contribution in [0.15, 0.2) is 24.3 Å². The maximum Gasteiger partial charge on any atom is 0.230 e. The van der Waals surface area contributed by atoms with Gasteiger partial charge < -0.3 is 9.64 Å². The lowest BCUT2D eigenvalue weighted by Crippen LogP contribution is -2.25. The van der Waals surface area contributed by atoms with Crippen LogP contribution in [0.3, 0.4) is 0 Å². The van der Waals surface area contributed by atoms with Crippen molar-refractivity contribution in [2.24, 2.45) is 0 Å². The van der Waals surface area contributed by atoms with Gasteiger partial charge in [0, 0.05) is 33.4 Å². The first kappa shape index (κ1) is 19.4. The second-order valence-corrected chi connectivity index (χ2v) is 7.40. The van der Waals surface area contributed by atoms with Gasteiger partial charge in [-0.2, -0.15) is 0 Å². The summed E-state index contributed by atoms with van der Waals surface area (Å²) in [5.74, 6) is 0.880. The molecule has 1 aromatic heterocycles. The molecule has 26 heavy (non-hydrogen) atoms. The molecule has 2 heterocycles. The third-order valence-corrected chi connectivity index (χ3v) is 5.28. The maximum atomic E-state index is 6.46. The van der Waals surface area contributed by atoms with Crippen LogP contribution in [0.5, 0.6) is 0 Å². The van der Waals surface area contributed by atoms with E-state index in [1.165, 1.54) is 12.8 Å². The second-order valence-electron chi connectivity index (χ2n) is 6.63. The SMILES string of the molecule is COCCCN(C)Cn1nc(N2CCCC2)n(-c2ccccc2Cl)c1=S. The second kappa shape index (κ2) is 8.99. The predicted octanol–water partition coefficient (Wildman–Crippen LogP) is 3.58. The van der Waals surface area contributed by atoms with Crippen molar-refractivity contribution in [3.8, 4) is 5.69 Å². The summed E-state index contributed by atoms with van der Waals surface area (Å²) in [6.07, 6.45) is 3.34. The lowest BCUT2D eigenvalue weighted by atomic mass is 10.3. The molecule has 6 nitrogen and oxygen atoms in total. The van der Waals surface area contributed by atoms with Crippen LogP contribution in [0, 0.1) is 4.77 Å². The summed E-state index contributed by atoms with van der Waals surface area (Å²) in [6, 6.07) is 7.79. The molecule has 0 atom stereocenters. The third kappa shape index (κ3) is 4.28. The Hall–Kier alpha value is -1.41. The van der Waals surface area contributed by atoms with Crippen molar-refractivity contribution in [3.63, 3.8) is 0 Å². The first-order valence-corrected chi connectivity index (χ1v) is 9.77. The van der Waals surface area contributed by atoms with Gasteiger partial charge in [-0.3, -0.25) is 9.47 Å². The van der Waals surface area contributed by atoms with E-state index in [0.717, 1.165) is 44.3 Å². The minimum Gasteiger partial charge on any atom is -0.385 e. The molecule has 1 saturated heterocycles. The van der Waals surface area contributed by atoms with Crippen molar-refractivity contribution in [2.75, 3.05) is 45.3 Å². The highest BCUT2D eigenvalue weighted by Gasteiger charge is 2.22. The fourth-order valence-electron chi connectivity index (χ4n) is 3.23. The summed E-state index contributed by atoms with van der Waals surface area (Å²) in [5, 5.41) is 5.53. The Kier molecular flexibility index (Phi) is 6.69. The zero-order chi connectivity index (χ0) is 18.5. The molecule has 1 aliphatic rings. The number of hydrogen-bond donors (Lipinski definition) is 0. The largest absolute Gasteiger partial charge is 0.385 e. The van der Waals surface area contributed by atoms with Crippen LogP contribution in [0.25, 0.3) is 5.69 Å². The number of methoxy groups -OCH3 is 1. The summed E-state index contributed by atoms with van der Waals surface area (Å²) >= 11 is 12.2. The van der Waals surface area contributed by atoms with Crippen molar-refractivity contribution in [1.82, 2.24) is 19.2 Å². The highest BCUT2D eigenvalue weighted by Crippen LogP contribution is 2.27. The Bertz CT molecular complexity index is 784. The Labute approximate surface area is 164 Å². The zero-order valence-electron chi connectivity index (χ0n) is 15.4. The number of para-hydroxylation sites is 1. The molecule has 1 fully saturated rings. The molecule has 0 bridgehead atoms. The van der Waals surface area contributed by atoms with Crippen LogP contribution in [-0.2, 0) is 11.4 Å². The van der Waals surface area contributed by atoms with E-state index in [2.05, 4.69) is 16.8 Å². The van der Waals surface area contributed by atoms with E-state index in [9.17, 15) is 0 Å². The van der Waals surface area contributed by atoms with Crippen LogP contribution < -0.4 is 4.90 Å². The molecular formula is C18H26ClN5OS. The average Bonchev–Trinajstić information content (AvgIpc) is 3.25. The standard InChI is InChI=1S/C18H26ClN5OS/c1-21(10-7-13-25-2)14-23-18(26)24(16-9-4-3-8-15(16)19)17(20-23)22-11-5-6-12-22/h3-4,8-9H,5-7,10-14H2,1-2H3. The van der Waals surface area contributed by atoms with Crippen LogP contribution in [-0.4, -0.2) is 59.6 Å². The van der Waals surface area contributed by atoms with E-state index >= 15 is 0 Å². The summed E-state index contributed by atoms with van der Waals surface area (Å²) in [4.78, 5) is 4.49. The minimum atomic E-state index is 0.640. The van der Waals surface area contributed by atoms with Crippen molar-refractivity contribution >= 4 is 29.8 Å². The lowest BCUT2D eigenvalue weighted by molar-refractivity contribution is 0.168. The maximum absolute atomic E-state index is 6.46. The molecular weight excluding hydrogens is 370 g/mol. The third-order valence-electron chi connectivity index (χ3n) is 4.57. The molecule has 0 spiro atoms. The molecule has 0 unspecified atom stereocenters. The first-order chi connectivity index (χ1) is 12.6. The number of ether oxygens (including phenoxy) is 1. The van der Waals surface area contributed by atoms with Gasteiger partial charge in [0.2, 0.25) is 10.7 Å². The summed E-state index contributed by atoms with van der Waals surface area (Å²) in [5.41, 5.74) is 0.884. The van der Waals surface area contributed by atoms with Gasteiger partial charge in [0.15, 0.2) is 0 Å². The van der Waals surface area contributed by atoms with Crippen LogP contribution >= 0.6 is 23.8 Å². The van der Waals surface area contributed by atoms with Gasteiger partial charge in [-0.15, -0.1) is 5.10 Å². The van der Waals surface area contributed by atoms with E-state index < -0.39 is 0 Å². The van der Waals surface area contributed by atoms with Crippen molar-refractivity contribution in [1.29, 1.82) is 0 Å². The Morgan fingerprint density at radius 2 is 2.00 bits per heavy atom. The van der Waals surface area contributed by atoms with Gasteiger partial charge in [-0.05, 0) is 50.7 Å². The van der Waals surface area contributed by atoms with Gasteiger partial charge in [-0.1, -0.05) is 23.7 Å². The lowest BCUT2D eigenvalue weighted by Gasteiger charge is -2.17. The fourth-order valence-corrected chi connectivity index (χ4v) is 3.73. The zero-order valence-corrected chi connectivity index (χ0v) is 17.0. The van der Waals surface area contributed by atoms with Gasteiger partial charge in [0.05, 0.1) is 17.4 Å². The highest BCUT2D eigenvalue weighted by molar-refractivity contribution is 7.71. The first-order valence-electron chi connectivity index (χ1n) is 8.99. The average molecular weight is 396 g/mol. The molecule has 0 saturated carbocycles. The van der Waals surface area contributed by atoms with E-state index in [-0.39, 0.29) is 0 Å². The number of nitrogens with zero attached hydrogens (tertiary/aromatic N) is 5. The summed E-state index contributed by atoms with van der Waals surface area (Å²) in [7, 11) is 3.80. The molecule has 1 aliphatic heterocycles. The van der Waals surface area contributed by atoms with E-state index in [1.54, 1.807) is 7.11 Å². The smallest absolute Gasteiger partial charge is 0.230 e. The van der Waals surface area contributed by atoms with E-state index in [1.807, 2.05) is 33.5 Å². The van der Waals surface area contributed by atoms with Gasteiger partial charge in [0.25, 0.3) is 0 Å². The van der Waals surface area contributed by atoms with Gasteiger partial charge in [-0.25, -0.2) is 4.68 Å². The topological polar surface area (TPSA) is 38.5 Å². The quantitative estimate of drug-likeness (QED) is 0.504. The number of benzene rings is 1. The molecule has 3 rings (SSSR count). The Balaban J connectivity index is 1.93. The van der Waals surface area contributed by atoms with Crippen LogP contribution in [0.1, 0.15) is 19.3 Å². The normalized spacial score (nSPS) is 14.5. The van der Waals surface area contributed by atoms with Crippen molar-refractivity contribution < 1.29 is 4.74 Å². The summed E-state index contributed by atoms with van der Waals surface area (Å²) in [6.45, 7) is 4.32. The predicted molar refractivity (Wildman–Crippen MR) is 108 cm³/mol. The number of hydrogen-bond acceptors (Lipinski definition) is 5. The fraction of sp³-hybridized carbons (Fsp3) is 0.556. The van der Waals surface area contributed by atoms with Crippen LogP contribution in [0.4, 0.5) is 5.95 Å². The number of anilines is 1. The van der Waals surface area contributed by atoms with Crippen molar-refractivity contribution in [2.45, 2.75) is 25.9 Å². The monoisotopic (exact) mass is 395 g/mol. The number of halogens is 1. The Morgan fingerprint density at radius 1 is 1.27 bits per heavy atom. The minimum absolute atomic E-state index is 0.640. The molecule has 142 valence electrons. The van der Waals surface area contributed by atoms with Gasteiger partial charge >= 0.3 is 0 Å². The van der Waals surface area contributed by atoms with Crippen molar-refractivity contribution in [3.05, 3.63) is 34.1 Å². The number of aromatic nitrogens is 3. The molecule has 0 amide bonds. The molecule has 0 N–H and O–H groups in total. The molecule has 8 heteroatoms. The van der Waals surface area contributed by atoms with Crippen LogP contribution in [0.2, 0.25) is 5.02 Å². The molecule has 0 aliphatic carbocycles. The van der Waals surface area contributed by atoms with E-state index in [4.69, 9.17) is 33.7 Å². The number of rotatable bonds is 8. The molecule has 2 aromatic rings. The summed E-state index contributed by atoms with van der Waals surface area (Å²) < 4.78 is 9.69. The molecule has 1 aromatic carbocycles.